The van der Waals surface area contributed by atoms with Crippen molar-refractivity contribution in [2.24, 2.45) is 0 Å². The Bertz CT molecular complexity index is 189. The third kappa shape index (κ3) is 2.60. The Morgan fingerprint density at radius 3 is 2.70 bits per heavy atom. The summed E-state index contributed by atoms with van der Waals surface area (Å²) < 4.78 is 4.03. The van der Waals surface area contributed by atoms with Crippen molar-refractivity contribution < 1.29 is 0 Å². The molecule has 0 aliphatic rings. The van der Waals surface area contributed by atoms with Gasteiger partial charge in [0.15, 0.2) is 0 Å². The third-order valence-corrected chi connectivity index (χ3v) is 1.70. The van der Waals surface area contributed by atoms with Gasteiger partial charge in [0, 0.05) is 6.54 Å². The van der Waals surface area contributed by atoms with Gasteiger partial charge in [-0.25, -0.2) is 4.98 Å². The molecule has 1 N–H and O–H groups in total. The van der Waals surface area contributed by atoms with E-state index in [0.29, 0.717) is 0 Å². The summed E-state index contributed by atoms with van der Waals surface area (Å²) >= 11 is 1.45. The average Bonchev–Trinajstić information content (AvgIpc) is 2.17. The quantitative estimate of drug-likeness (QED) is 0.736. The highest BCUT2D eigenvalue weighted by Gasteiger charge is 1.95. The van der Waals surface area contributed by atoms with Crippen molar-refractivity contribution >= 4 is 23.9 Å². The van der Waals surface area contributed by atoms with Gasteiger partial charge in [-0.3, -0.25) is 0 Å². The molecule has 3 nitrogen and oxygen atoms in total. The summed E-state index contributed by atoms with van der Waals surface area (Å²) in [5.41, 5.74) is 0. The van der Waals surface area contributed by atoms with E-state index in [0.717, 1.165) is 17.4 Å². The van der Waals surface area contributed by atoms with Gasteiger partial charge in [0.1, 0.15) is 10.8 Å². The van der Waals surface area contributed by atoms with Crippen LogP contribution in [0.25, 0.3) is 0 Å². The van der Waals surface area contributed by atoms with Crippen molar-refractivity contribution in [2.45, 2.75) is 13.5 Å². The van der Waals surface area contributed by atoms with Gasteiger partial charge in [0.05, 0.1) is 0 Å². The highest BCUT2D eigenvalue weighted by Crippen LogP contribution is 2.01. The normalized spacial score (nSPS) is 9.00. The van der Waals surface area contributed by atoms with Crippen LogP contribution in [0.5, 0.6) is 0 Å². The van der Waals surface area contributed by atoms with Gasteiger partial charge >= 0.3 is 0 Å². The standard InChI is InChI=1S/C5H9N3S.ClH/c1-4-7-5(3-6-2)9-8-4;/h6H,3H2,1-2H3;1H. The van der Waals surface area contributed by atoms with Gasteiger partial charge in [0.25, 0.3) is 0 Å². The molecule has 0 radical (unpaired) electrons. The van der Waals surface area contributed by atoms with Crippen LogP contribution in [-0.2, 0) is 6.54 Å². The van der Waals surface area contributed by atoms with Crippen molar-refractivity contribution in [1.29, 1.82) is 0 Å². The molecule has 0 aromatic carbocycles. The number of nitrogens with zero attached hydrogens (tertiary/aromatic N) is 2. The molecule has 1 aromatic rings. The van der Waals surface area contributed by atoms with Crippen LogP contribution < -0.4 is 5.32 Å². The monoisotopic (exact) mass is 179 g/mol. The van der Waals surface area contributed by atoms with Crippen LogP contribution in [0.3, 0.4) is 0 Å². The van der Waals surface area contributed by atoms with Gasteiger partial charge in [-0.1, -0.05) is 0 Å². The number of nitrogens with one attached hydrogen (secondary N) is 1. The van der Waals surface area contributed by atoms with E-state index in [9.17, 15) is 0 Å². The summed E-state index contributed by atoms with van der Waals surface area (Å²) in [4.78, 5) is 4.15. The zero-order valence-corrected chi connectivity index (χ0v) is 7.55. The van der Waals surface area contributed by atoms with Gasteiger partial charge in [-0.05, 0) is 25.5 Å². The van der Waals surface area contributed by atoms with Crippen LogP contribution in [0.1, 0.15) is 10.8 Å². The SMILES string of the molecule is CNCc1nc(C)ns1.Cl. The lowest BCUT2D eigenvalue weighted by atomic mass is 10.6. The zero-order valence-electron chi connectivity index (χ0n) is 5.92. The van der Waals surface area contributed by atoms with Gasteiger partial charge in [-0.2, -0.15) is 4.37 Å². The Hall–Kier alpha value is -0.190. The molecule has 1 rings (SSSR count). The molecule has 1 heterocycles. The Labute approximate surface area is 70.4 Å². The first kappa shape index (κ1) is 9.81. The predicted molar refractivity (Wildman–Crippen MR) is 44.7 cm³/mol. The van der Waals surface area contributed by atoms with E-state index in [1.165, 1.54) is 11.5 Å². The van der Waals surface area contributed by atoms with E-state index in [1.54, 1.807) is 0 Å². The molecule has 5 heteroatoms. The van der Waals surface area contributed by atoms with Crippen LogP contribution in [0.4, 0.5) is 0 Å². The van der Waals surface area contributed by atoms with Gasteiger partial charge in [-0.15, -0.1) is 12.4 Å². The highest BCUT2D eigenvalue weighted by atomic mass is 35.5. The molecule has 0 atom stereocenters. The first-order valence-electron chi connectivity index (χ1n) is 2.76. The molecule has 58 valence electrons. The molecule has 0 saturated carbocycles. The van der Waals surface area contributed by atoms with E-state index in [2.05, 4.69) is 14.7 Å². The van der Waals surface area contributed by atoms with Crippen molar-refractivity contribution in [1.82, 2.24) is 14.7 Å². The second-order valence-electron chi connectivity index (χ2n) is 1.77. The molecule has 0 aliphatic carbocycles. The lowest BCUT2D eigenvalue weighted by Gasteiger charge is -1.87. The lowest BCUT2D eigenvalue weighted by Crippen LogP contribution is -2.04. The van der Waals surface area contributed by atoms with Crippen LogP contribution >= 0.6 is 23.9 Å². The highest BCUT2D eigenvalue weighted by molar-refractivity contribution is 7.05. The Balaban J connectivity index is 0.000000810. The lowest BCUT2D eigenvalue weighted by molar-refractivity contribution is 0.806. The molecular formula is C5H10ClN3S. The average molecular weight is 180 g/mol. The second-order valence-corrected chi connectivity index (χ2v) is 2.60. The summed E-state index contributed by atoms with van der Waals surface area (Å²) in [6.45, 7) is 2.72. The van der Waals surface area contributed by atoms with Crippen molar-refractivity contribution in [2.75, 3.05) is 7.05 Å². The maximum atomic E-state index is 4.15. The molecule has 0 bridgehead atoms. The molecule has 0 aliphatic heterocycles. The van der Waals surface area contributed by atoms with E-state index >= 15 is 0 Å². The fraction of sp³-hybridized carbons (Fsp3) is 0.600. The number of aromatic nitrogens is 2. The Morgan fingerprint density at radius 2 is 2.30 bits per heavy atom. The molecule has 0 saturated heterocycles. The summed E-state index contributed by atoms with van der Waals surface area (Å²) in [5, 5.41) is 4.06. The minimum atomic E-state index is 0. The summed E-state index contributed by atoms with van der Waals surface area (Å²) in [7, 11) is 1.90. The van der Waals surface area contributed by atoms with Gasteiger partial charge in [0.2, 0.25) is 0 Å². The predicted octanol–water partition coefficient (Wildman–Crippen LogP) is 0.988. The van der Waals surface area contributed by atoms with Gasteiger partial charge < -0.3 is 5.32 Å². The minimum Gasteiger partial charge on any atom is -0.314 e. The fourth-order valence-corrected chi connectivity index (χ4v) is 1.22. The second kappa shape index (κ2) is 4.60. The third-order valence-electron chi connectivity index (χ3n) is 0.898. The zero-order chi connectivity index (χ0) is 6.69. The maximum Gasteiger partial charge on any atom is 0.139 e. The van der Waals surface area contributed by atoms with E-state index in [4.69, 9.17) is 0 Å². The molecule has 1 aromatic heterocycles. The molecule has 0 fully saturated rings. The first-order chi connectivity index (χ1) is 4.33. The fourth-order valence-electron chi connectivity index (χ4n) is 0.563. The number of hydrogen-bond acceptors (Lipinski definition) is 4. The van der Waals surface area contributed by atoms with Crippen molar-refractivity contribution in [3.05, 3.63) is 10.8 Å². The molecule has 0 unspecified atom stereocenters. The van der Waals surface area contributed by atoms with Crippen LogP contribution in [0, 0.1) is 6.92 Å². The first-order valence-corrected chi connectivity index (χ1v) is 3.54. The van der Waals surface area contributed by atoms with E-state index < -0.39 is 0 Å². The van der Waals surface area contributed by atoms with E-state index in [-0.39, 0.29) is 12.4 Å². The Kier molecular flexibility index (Phi) is 4.51. The van der Waals surface area contributed by atoms with E-state index in [1.807, 2.05) is 14.0 Å². The smallest absolute Gasteiger partial charge is 0.139 e. The topological polar surface area (TPSA) is 37.8 Å². The van der Waals surface area contributed by atoms with Crippen molar-refractivity contribution in [3.8, 4) is 0 Å². The molecule has 10 heavy (non-hydrogen) atoms. The van der Waals surface area contributed by atoms with Crippen LogP contribution in [0.15, 0.2) is 0 Å². The molecular weight excluding hydrogens is 170 g/mol. The summed E-state index contributed by atoms with van der Waals surface area (Å²) in [6.07, 6.45) is 0. The minimum absolute atomic E-state index is 0. The number of halogens is 1. The maximum absolute atomic E-state index is 4.15. The molecule has 0 amide bonds. The Morgan fingerprint density at radius 1 is 1.60 bits per heavy atom. The van der Waals surface area contributed by atoms with Crippen LogP contribution in [0.2, 0.25) is 0 Å². The number of rotatable bonds is 2. The largest absolute Gasteiger partial charge is 0.314 e. The van der Waals surface area contributed by atoms with Crippen LogP contribution in [-0.4, -0.2) is 16.4 Å². The summed E-state index contributed by atoms with van der Waals surface area (Å²) in [6, 6.07) is 0. The molecule has 0 spiro atoms. The number of aryl methyl sites for hydroxylation is 1. The summed E-state index contributed by atoms with van der Waals surface area (Å²) in [5.74, 6) is 0.866. The number of hydrogen-bond donors (Lipinski definition) is 1. The van der Waals surface area contributed by atoms with Crippen molar-refractivity contribution in [3.63, 3.8) is 0 Å².